The third-order valence-corrected chi connectivity index (χ3v) is 2.40. The molecule has 0 aliphatic rings. The number of hydrogen-bond donors (Lipinski definition) is 3. The number of nitrogens with two attached hydrogens (primary N) is 2. The summed E-state index contributed by atoms with van der Waals surface area (Å²) in [5, 5.41) is 3.21. The molecule has 5 nitrogen and oxygen atoms in total. The number of carbonyl (C=O) groups is 1. The van der Waals surface area contributed by atoms with Gasteiger partial charge < -0.3 is 16.8 Å². The van der Waals surface area contributed by atoms with Gasteiger partial charge in [-0.15, -0.1) is 0 Å². The summed E-state index contributed by atoms with van der Waals surface area (Å²) in [5.41, 5.74) is 12.0. The van der Waals surface area contributed by atoms with E-state index in [4.69, 9.17) is 23.7 Å². The summed E-state index contributed by atoms with van der Waals surface area (Å²) < 4.78 is 0. The molecule has 5 N–H and O–H groups in total. The Kier molecular flexibility index (Phi) is 5.35. The minimum absolute atomic E-state index is 0.260. The van der Waals surface area contributed by atoms with Gasteiger partial charge in [0.2, 0.25) is 5.91 Å². The van der Waals surface area contributed by atoms with Crippen LogP contribution in [0, 0.1) is 0 Å². The van der Waals surface area contributed by atoms with Gasteiger partial charge in [-0.3, -0.25) is 9.78 Å². The Morgan fingerprint density at radius 1 is 1.41 bits per heavy atom. The maximum atomic E-state index is 10.5. The van der Waals surface area contributed by atoms with Crippen LogP contribution in [0.1, 0.15) is 25.0 Å². The number of rotatable bonds is 7. The number of nitrogens with zero attached hydrogens (tertiary/aromatic N) is 1. The molecule has 0 fully saturated rings. The van der Waals surface area contributed by atoms with Gasteiger partial charge >= 0.3 is 0 Å². The highest BCUT2D eigenvalue weighted by Crippen LogP contribution is 2.08. The van der Waals surface area contributed by atoms with Crippen molar-refractivity contribution in [1.82, 2.24) is 4.98 Å². The number of nitrogens with one attached hydrogen (secondary N) is 1. The molecule has 0 aromatic carbocycles. The molecule has 6 heteroatoms. The van der Waals surface area contributed by atoms with E-state index in [2.05, 4.69) is 10.3 Å². The molecule has 92 valence electrons. The van der Waals surface area contributed by atoms with Crippen LogP contribution in [0.2, 0.25) is 0 Å². The van der Waals surface area contributed by atoms with Crippen molar-refractivity contribution in [2.75, 3.05) is 11.9 Å². The number of primary amides is 1. The fourth-order valence-corrected chi connectivity index (χ4v) is 1.44. The molecular weight excluding hydrogens is 236 g/mol. The second-order valence-electron chi connectivity index (χ2n) is 3.64. The summed E-state index contributed by atoms with van der Waals surface area (Å²) in [6.07, 6.45) is 3.75. The summed E-state index contributed by atoms with van der Waals surface area (Å²) in [7, 11) is 0. The van der Waals surface area contributed by atoms with Crippen molar-refractivity contribution in [2.24, 2.45) is 11.5 Å². The van der Waals surface area contributed by atoms with Crippen LogP contribution in [0.4, 0.5) is 5.69 Å². The van der Waals surface area contributed by atoms with Gasteiger partial charge in [-0.05, 0) is 25.0 Å². The van der Waals surface area contributed by atoms with Crippen LogP contribution in [-0.4, -0.2) is 22.4 Å². The van der Waals surface area contributed by atoms with Gasteiger partial charge in [-0.1, -0.05) is 12.2 Å². The fraction of sp³-hybridized carbons (Fsp3) is 0.364. The summed E-state index contributed by atoms with van der Waals surface area (Å²) in [5.74, 6) is -0.260. The molecule has 0 radical (unpaired) electrons. The third kappa shape index (κ3) is 5.26. The molecule has 1 rings (SSSR count). The van der Waals surface area contributed by atoms with Crippen molar-refractivity contribution in [2.45, 2.75) is 19.3 Å². The highest BCUT2D eigenvalue weighted by molar-refractivity contribution is 7.80. The highest BCUT2D eigenvalue weighted by atomic mass is 32.1. The number of pyridine rings is 1. The average Bonchev–Trinajstić information content (AvgIpc) is 2.28. The van der Waals surface area contributed by atoms with E-state index in [-0.39, 0.29) is 10.9 Å². The molecule has 0 aliphatic heterocycles. The van der Waals surface area contributed by atoms with E-state index in [0.29, 0.717) is 12.1 Å². The molecule has 0 saturated carbocycles. The van der Waals surface area contributed by atoms with Gasteiger partial charge in [-0.2, -0.15) is 0 Å². The second kappa shape index (κ2) is 6.80. The van der Waals surface area contributed by atoms with Crippen molar-refractivity contribution in [3.05, 3.63) is 24.0 Å². The number of hydrogen-bond acceptors (Lipinski definition) is 4. The van der Waals surface area contributed by atoms with Crippen molar-refractivity contribution in [1.29, 1.82) is 0 Å². The molecule has 0 bridgehead atoms. The van der Waals surface area contributed by atoms with Gasteiger partial charge in [0.15, 0.2) is 0 Å². The molecule has 17 heavy (non-hydrogen) atoms. The lowest BCUT2D eigenvalue weighted by Gasteiger charge is -2.06. The fourth-order valence-electron chi connectivity index (χ4n) is 1.33. The maximum Gasteiger partial charge on any atom is 0.217 e. The Hall–Kier alpha value is -1.69. The van der Waals surface area contributed by atoms with Gasteiger partial charge in [-0.25, -0.2) is 0 Å². The third-order valence-electron chi connectivity index (χ3n) is 2.19. The van der Waals surface area contributed by atoms with Crippen LogP contribution in [0.25, 0.3) is 0 Å². The van der Waals surface area contributed by atoms with Crippen LogP contribution in [-0.2, 0) is 4.79 Å². The van der Waals surface area contributed by atoms with E-state index in [0.717, 1.165) is 25.1 Å². The lowest BCUT2D eigenvalue weighted by molar-refractivity contribution is -0.118. The highest BCUT2D eigenvalue weighted by Gasteiger charge is 1.99. The van der Waals surface area contributed by atoms with Crippen LogP contribution in [0.15, 0.2) is 18.3 Å². The maximum absolute atomic E-state index is 10.5. The van der Waals surface area contributed by atoms with Gasteiger partial charge in [0.25, 0.3) is 0 Å². The molecule has 1 heterocycles. The van der Waals surface area contributed by atoms with Gasteiger partial charge in [0, 0.05) is 24.8 Å². The number of carbonyl (C=O) groups excluding carboxylic acids is 1. The van der Waals surface area contributed by atoms with Crippen molar-refractivity contribution >= 4 is 28.8 Å². The van der Waals surface area contributed by atoms with E-state index < -0.39 is 0 Å². The molecule has 0 aliphatic carbocycles. The topological polar surface area (TPSA) is 94.0 Å². The number of aromatic nitrogens is 1. The van der Waals surface area contributed by atoms with E-state index in [1.165, 1.54) is 0 Å². The number of amides is 1. The second-order valence-corrected chi connectivity index (χ2v) is 4.08. The zero-order valence-corrected chi connectivity index (χ0v) is 10.3. The molecular formula is C11H16N4OS. The number of unbranched alkanes of at least 4 members (excludes halogenated alkanes) is 1. The largest absolute Gasteiger partial charge is 0.388 e. The molecule has 1 aromatic rings. The first-order chi connectivity index (χ1) is 8.09. The number of thiocarbonyl (C=S) groups is 1. The molecule has 1 aromatic heterocycles. The Labute approximate surface area is 106 Å². The van der Waals surface area contributed by atoms with Gasteiger partial charge in [0.1, 0.15) is 4.99 Å². The van der Waals surface area contributed by atoms with Crippen LogP contribution < -0.4 is 16.8 Å². The van der Waals surface area contributed by atoms with Gasteiger partial charge in [0.05, 0.1) is 5.69 Å². The Morgan fingerprint density at radius 3 is 2.82 bits per heavy atom. The zero-order valence-electron chi connectivity index (χ0n) is 9.48. The molecule has 0 spiro atoms. The monoisotopic (exact) mass is 252 g/mol. The normalized spacial score (nSPS) is 9.88. The summed E-state index contributed by atoms with van der Waals surface area (Å²) >= 11 is 4.84. The SMILES string of the molecule is NC(=O)CCCCNc1ccnc(C(N)=S)c1. The Morgan fingerprint density at radius 2 is 2.18 bits per heavy atom. The van der Waals surface area contributed by atoms with E-state index in [9.17, 15) is 4.79 Å². The Bertz CT molecular complexity index is 408. The zero-order chi connectivity index (χ0) is 12.7. The first-order valence-electron chi connectivity index (χ1n) is 5.37. The summed E-state index contributed by atoms with van der Waals surface area (Å²) in [4.78, 5) is 14.8. The first-order valence-corrected chi connectivity index (χ1v) is 5.78. The van der Waals surface area contributed by atoms with E-state index in [1.807, 2.05) is 6.07 Å². The molecule has 0 unspecified atom stereocenters. The predicted molar refractivity (Wildman–Crippen MR) is 71.7 cm³/mol. The smallest absolute Gasteiger partial charge is 0.217 e. The quantitative estimate of drug-likeness (QED) is 0.492. The van der Waals surface area contributed by atoms with Crippen molar-refractivity contribution in [3.63, 3.8) is 0 Å². The molecule has 0 atom stereocenters. The van der Waals surface area contributed by atoms with Crippen molar-refractivity contribution in [3.8, 4) is 0 Å². The van der Waals surface area contributed by atoms with Crippen molar-refractivity contribution < 1.29 is 4.79 Å². The predicted octanol–water partition coefficient (Wildman–Crippen LogP) is 0.783. The standard InChI is InChI=1S/C11H16N4OS/c12-10(16)3-1-2-5-14-8-4-6-15-9(7-8)11(13)17/h4,6-7H,1-3,5H2,(H2,12,16)(H2,13,17)(H,14,15). The summed E-state index contributed by atoms with van der Waals surface area (Å²) in [6, 6.07) is 3.65. The van der Waals surface area contributed by atoms with E-state index in [1.54, 1.807) is 12.3 Å². The minimum Gasteiger partial charge on any atom is -0.388 e. The lowest BCUT2D eigenvalue weighted by Crippen LogP contribution is -2.13. The van der Waals surface area contributed by atoms with Crippen LogP contribution >= 0.6 is 12.2 Å². The first kappa shape index (κ1) is 13.4. The van der Waals surface area contributed by atoms with Crippen LogP contribution in [0.5, 0.6) is 0 Å². The lowest BCUT2D eigenvalue weighted by atomic mass is 10.2. The Balaban J connectivity index is 2.34. The molecule has 1 amide bonds. The van der Waals surface area contributed by atoms with Crippen LogP contribution in [0.3, 0.4) is 0 Å². The summed E-state index contributed by atoms with van der Waals surface area (Å²) in [6.45, 7) is 0.772. The number of anilines is 1. The van der Waals surface area contributed by atoms with E-state index >= 15 is 0 Å². The average molecular weight is 252 g/mol. The minimum atomic E-state index is -0.260. The molecule has 0 saturated heterocycles.